The highest BCUT2D eigenvalue weighted by molar-refractivity contribution is 7.13. The summed E-state index contributed by atoms with van der Waals surface area (Å²) in [5.41, 5.74) is 10.8. The Morgan fingerprint density at radius 2 is 1.02 bits per heavy atom. The maximum Gasteiger partial charge on any atom is 0.158 e. The highest BCUT2D eigenvalue weighted by Crippen LogP contribution is 2.37. The molecule has 0 saturated carbocycles. The molecule has 2 aliphatic rings. The van der Waals surface area contributed by atoms with E-state index in [1.165, 1.54) is 60.0 Å². The molecule has 66 heavy (non-hydrogen) atoms. The number of benzene rings is 8. The lowest BCUT2D eigenvalue weighted by atomic mass is 10.1. The first-order valence-corrected chi connectivity index (χ1v) is 25.2. The molecule has 0 radical (unpaired) electrons. The fourth-order valence-electron chi connectivity index (χ4n) is 10.3. The third-order valence-electron chi connectivity index (χ3n) is 13.3. The van der Waals surface area contributed by atoms with Gasteiger partial charge in [-0.05, 0) is 113 Å². The molecule has 0 bridgehead atoms. The topological polar surface area (TPSA) is 11.4 Å². The van der Waals surface area contributed by atoms with Crippen molar-refractivity contribution in [1.82, 2.24) is 4.57 Å². The van der Waals surface area contributed by atoms with Gasteiger partial charge in [0.15, 0.2) is 8.07 Å². The summed E-state index contributed by atoms with van der Waals surface area (Å²) in [6, 6.07) is 78.5. The van der Waals surface area contributed by atoms with Crippen LogP contribution in [0.2, 0.25) is 5.54 Å². The molecule has 2 aliphatic carbocycles. The number of allylic oxidation sites excluding steroid dienone is 9. The minimum atomic E-state index is -2.96. The molecule has 8 aromatic carbocycles. The van der Waals surface area contributed by atoms with Crippen molar-refractivity contribution in [3.63, 3.8) is 0 Å². The Balaban J connectivity index is 1.10. The molecular formula is C62H51N3Si. The number of nitrogens with zero attached hydrogens (tertiary/aromatic N) is 3. The Labute approximate surface area is 389 Å². The van der Waals surface area contributed by atoms with Crippen LogP contribution in [0.5, 0.6) is 0 Å². The van der Waals surface area contributed by atoms with Gasteiger partial charge in [0.2, 0.25) is 0 Å². The molecule has 0 aliphatic heterocycles. The zero-order valence-electron chi connectivity index (χ0n) is 36.9. The number of anilines is 4. The number of hydrogen-bond donors (Lipinski definition) is 0. The average Bonchev–Trinajstić information content (AvgIpc) is 3.48. The van der Waals surface area contributed by atoms with Crippen molar-refractivity contribution < 1.29 is 0 Å². The molecule has 3 nitrogen and oxygen atoms in total. The maximum absolute atomic E-state index is 2.96. The predicted molar refractivity (Wildman–Crippen MR) is 283 cm³/mol. The van der Waals surface area contributed by atoms with Crippen LogP contribution in [0.4, 0.5) is 22.7 Å². The number of aromatic nitrogens is 1. The Morgan fingerprint density at radius 1 is 0.455 bits per heavy atom. The lowest BCUT2D eigenvalue weighted by Crippen LogP contribution is -2.69. The maximum atomic E-state index is 2.54. The normalized spacial score (nSPS) is 14.5. The Hall–Kier alpha value is -7.92. The van der Waals surface area contributed by atoms with E-state index in [-0.39, 0.29) is 5.54 Å². The SMILES string of the molecule is C1=CC=CC([Si](c2ccccc2)(c2cccc(N(Cc3ccc4c5ccccc5n(-c5ccccc5)c4c3)C3=CCCC=C3)c2)c2cccc(N(c3ccccc3)c3ccccc3)c2)C=C1. The van der Waals surface area contributed by atoms with Crippen LogP contribution < -0.4 is 25.4 Å². The third kappa shape index (κ3) is 7.65. The van der Waals surface area contributed by atoms with Crippen molar-refractivity contribution >= 4 is 68.2 Å². The van der Waals surface area contributed by atoms with E-state index in [2.05, 4.69) is 281 Å². The second kappa shape index (κ2) is 18.3. The summed E-state index contributed by atoms with van der Waals surface area (Å²) in [5, 5.41) is 6.61. The van der Waals surface area contributed by atoms with Crippen LogP contribution in [0, 0.1) is 0 Å². The largest absolute Gasteiger partial charge is 0.337 e. The van der Waals surface area contributed by atoms with E-state index < -0.39 is 8.07 Å². The number of hydrogen-bond acceptors (Lipinski definition) is 2. The second-order valence-electron chi connectivity index (χ2n) is 17.2. The predicted octanol–water partition coefficient (Wildman–Crippen LogP) is 14.0. The molecule has 11 rings (SSSR count). The van der Waals surface area contributed by atoms with Gasteiger partial charge in [0.05, 0.1) is 11.0 Å². The van der Waals surface area contributed by atoms with Gasteiger partial charge < -0.3 is 14.4 Å². The number of rotatable bonds is 12. The Morgan fingerprint density at radius 3 is 1.68 bits per heavy atom. The fraction of sp³-hybridized carbons (Fsp3) is 0.0645. The standard InChI is InChI=1S/C62H51N3Si/c1-2-17-35-55(34-16-1)66(56-36-18-7-19-37-56,58-39-23-33-54(46-58)64(50-26-10-4-11-27-50)51-28-12-5-13-29-51)57-38-22-32-53(45-57)63(49-24-8-3-9-25-49)47-48-42-43-60-59-40-20-21-41-61(59)65(62(60)44-48)52-30-14-6-15-31-52/h1-2,4-8,10-46,55H,3,9,47H2. The molecule has 9 aromatic rings. The second-order valence-corrected chi connectivity index (χ2v) is 21.2. The summed E-state index contributed by atoms with van der Waals surface area (Å²) in [6.45, 7) is 0.720. The Kier molecular flexibility index (Phi) is 11.3. The van der Waals surface area contributed by atoms with Gasteiger partial charge in [0, 0.05) is 57.0 Å². The zero-order chi connectivity index (χ0) is 44.1. The van der Waals surface area contributed by atoms with Gasteiger partial charge in [-0.15, -0.1) is 0 Å². The van der Waals surface area contributed by atoms with Gasteiger partial charge in [-0.2, -0.15) is 0 Å². The molecular weight excluding hydrogens is 815 g/mol. The number of fused-ring (bicyclic) bond motifs is 3. The summed E-state index contributed by atoms with van der Waals surface area (Å²) >= 11 is 0. The summed E-state index contributed by atoms with van der Waals surface area (Å²) in [5.74, 6) is 0. The van der Waals surface area contributed by atoms with Crippen LogP contribution in [-0.4, -0.2) is 12.6 Å². The fourth-order valence-corrected chi connectivity index (χ4v) is 15.5. The number of para-hydroxylation sites is 4. The van der Waals surface area contributed by atoms with E-state index in [4.69, 9.17) is 0 Å². The van der Waals surface area contributed by atoms with Crippen LogP contribution in [-0.2, 0) is 6.54 Å². The van der Waals surface area contributed by atoms with E-state index in [0.717, 1.165) is 36.4 Å². The van der Waals surface area contributed by atoms with Crippen LogP contribution in [0.15, 0.2) is 273 Å². The quantitative estimate of drug-likeness (QED) is 0.0895. The molecule has 0 amide bonds. The lowest BCUT2D eigenvalue weighted by molar-refractivity contribution is 0.900. The highest BCUT2D eigenvalue weighted by atomic mass is 28.3. The molecule has 0 spiro atoms. The molecule has 4 heteroatoms. The van der Waals surface area contributed by atoms with Crippen molar-refractivity contribution in [2.45, 2.75) is 24.9 Å². The van der Waals surface area contributed by atoms with Gasteiger partial charge in [-0.3, -0.25) is 0 Å². The third-order valence-corrected chi connectivity index (χ3v) is 18.4. The monoisotopic (exact) mass is 865 g/mol. The smallest absolute Gasteiger partial charge is 0.158 e. The van der Waals surface area contributed by atoms with Crippen molar-refractivity contribution in [3.8, 4) is 5.69 Å². The lowest BCUT2D eigenvalue weighted by Gasteiger charge is -2.39. The van der Waals surface area contributed by atoms with Crippen LogP contribution in [0.25, 0.3) is 27.5 Å². The van der Waals surface area contributed by atoms with E-state index in [9.17, 15) is 0 Å². The van der Waals surface area contributed by atoms with Crippen molar-refractivity contribution in [3.05, 3.63) is 278 Å². The average molecular weight is 866 g/mol. The summed E-state index contributed by atoms with van der Waals surface area (Å²) in [6.07, 6.45) is 22.8. The van der Waals surface area contributed by atoms with E-state index >= 15 is 0 Å². The van der Waals surface area contributed by atoms with E-state index in [1.807, 2.05) is 0 Å². The van der Waals surface area contributed by atoms with Gasteiger partial charge in [-0.1, -0.05) is 188 Å². The van der Waals surface area contributed by atoms with Crippen molar-refractivity contribution in [2.24, 2.45) is 0 Å². The van der Waals surface area contributed by atoms with E-state index in [1.54, 1.807) is 0 Å². The molecule has 0 fully saturated rings. The molecule has 0 saturated heterocycles. The first-order valence-electron chi connectivity index (χ1n) is 23.2. The van der Waals surface area contributed by atoms with Gasteiger partial charge >= 0.3 is 0 Å². The Bertz CT molecular complexity index is 3240. The highest BCUT2D eigenvalue weighted by Gasteiger charge is 2.45. The van der Waals surface area contributed by atoms with Crippen LogP contribution >= 0.6 is 0 Å². The van der Waals surface area contributed by atoms with Gasteiger partial charge in [0.25, 0.3) is 0 Å². The van der Waals surface area contributed by atoms with Crippen LogP contribution in [0.1, 0.15) is 18.4 Å². The van der Waals surface area contributed by atoms with Gasteiger partial charge in [-0.25, -0.2) is 0 Å². The van der Waals surface area contributed by atoms with Crippen molar-refractivity contribution in [2.75, 3.05) is 9.80 Å². The summed E-state index contributed by atoms with van der Waals surface area (Å²) < 4.78 is 2.42. The first kappa shape index (κ1) is 40.8. The summed E-state index contributed by atoms with van der Waals surface area (Å²) in [4.78, 5) is 4.94. The minimum absolute atomic E-state index is 0.117. The molecule has 0 N–H and O–H groups in total. The van der Waals surface area contributed by atoms with Crippen LogP contribution in [0.3, 0.4) is 0 Å². The van der Waals surface area contributed by atoms with Crippen molar-refractivity contribution in [1.29, 1.82) is 0 Å². The molecule has 1 unspecified atom stereocenters. The molecule has 1 atom stereocenters. The van der Waals surface area contributed by atoms with E-state index in [0.29, 0.717) is 0 Å². The zero-order valence-corrected chi connectivity index (χ0v) is 37.9. The first-order chi connectivity index (χ1) is 32.8. The molecule has 318 valence electrons. The molecule has 1 aromatic heterocycles. The summed E-state index contributed by atoms with van der Waals surface area (Å²) in [7, 11) is -2.96. The molecule has 1 heterocycles. The minimum Gasteiger partial charge on any atom is -0.337 e. The van der Waals surface area contributed by atoms with Gasteiger partial charge in [0.1, 0.15) is 0 Å².